The third kappa shape index (κ3) is 5.01. The van der Waals surface area contributed by atoms with E-state index in [4.69, 9.17) is 11.6 Å². The van der Waals surface area contributed by atoms with Crippen molar-refractivity contribution >= 4 is 34.6 Å². The maximum Gasteiger partial charge on any atom is 0.326 e. The molecule has 184 valence electrons. The average Bonchev–Trinajstić information content (AvgIpc) is 3.18. The molecule has 2 aromatic carbocycles. The lowest BCUT2D eigenvalue weighted by molar-refractivity contribution is 0.240. The Morgan fingerprint density at radius 3 is 2.75 bits per heavy atom. The number of carbonyl (C=O) groups excluding carboxylic acids is 1. The van der Waals surface area contributed by atoms with E-state index in [0.717, 1.165) is 34.3 Å². The van der Waals surface area contributed by atoms with Gasteiger partial charge < -0.3 is 5.32 Å². The van der Waals surface area contributed by atoms with Gasteiger partial charge in [-0.25, -0.2) is 18.6 Å². The molecule has 1 aliphatic rings. The van der Waals surface area contributed by atoms with Crippen molar-refractivity contribution in [3.63, 3.8) is 0 Å². The first-order valence-corrected chi connectivity index (χ1v) is 11.8. The van der Waals surface area contributed by atoms with E-state index < -0.39 is 17.6 Å². The van der Waals surface area contributed by atoms with Gasteiger partial charge in [-0.3, -0.25) is 9.47 Å². The first-order chi connectivity index (χ1) is 17.4. The number of pyridine rings is 1. The quantitative estimate of drug-likeness (QED) is 0.338. The number of carbonyl (C=O) groups is 1. The van der Waals surface area contributed by atoms with Crippen LogP contribution in [-0.4, -0.2) is 33.6 Å². The van der Waals surface area contributed by atoms with Crippen LogP contribution in [0.1, 0.15) is 22.4 Å². The summed E-state index contributed by atoms with van der Waals surface area (Å²) in [6.07, 6.45) is 5.66. The Bertz CT molecular complexity index is 1480. The van der Waals surface area contributed by atoms with Gasteiger partial charge in [0.2, 0.25) is 5.95 Å². The number of amides is 1. The number of benzene rings is 2. The van der Waals surface area contributed by atoms with Crippen molar-refractivity contribution in [2.75, 3.05) is 13.1 Å². The molecule has 9 heteroatoms. The number of rotatable bonds is 5. The zero-order chi connectivity index (χ0) is 25.2. The molecule has 0 bridgehead atoms. The highest BCUT2D eigenvalue weighted by atomic mass is 35.5. The highest BCUT2D eigenvalue weighted by molar-refractivity contribution is 6.31. The van der Waals surface area contributed by atoms with Gasteiger partial charge >= 0.3 is 6.03 Å². The molecule has 36 heavy (non-hydrogen) atoms. The van der Waals surface area contributed by atoms with E-state index in [2.05, 4.69) is 15.2 Å². The number of nitrogens with zero attached hydrogens (tertiary/aromatic N) is 3. The molecule has 0 radical (unpaired) electrons. The van der Waals surface area contributed by atoms with Crippen LogP contribution in [0.5, 0.6) is 0 Å². The van der Waals surface area contributed by atoms with Gasteiger partial charge in [-0.05, 0) is 59.2 Å². The van der Waals surface area contributed by atoms with Crippen LogP contribution in [0, 0.1) is 17.6 Å². The standard InChI is InChI=1S/C27H22ClF3N4O/c28-19-4-6-24-20(14-19)21-16-34(10-1-2-17-3-5-22(29)23(30)12-17)11-8-25(21)35(24)27(36)33-15-18-7-9-32-26(31)13-18/h1-7,9,12-14H,8,10-11,15-16H2,(H,33,36)/b2-1+. The summed E-state index contributed by atoms with van der Waals surface area (Å²) in [4.78, 5) is 19.0. The number of halogens is 4. The second kappa shape index (κ2) is 10.2. The molecular formula is C27H22ClF3N4O. The molecule has 0 spiro atoms. The molecule has 0 atom stereocenters. The molecular weight excluding hydrogens is 489 g/mol. The number of fused-ring (bicyclic) bond motifs is 3. The number of nitrogens with one attached hydrogen (secondary N) is 1. The molecule has 4 aromatic rings. The zero-order valence-electron chi connectivity index (χ0n) is 19.1. The Morgan fingerprint density at radius 2 is 1.94 bits per heavy atom. The van der Waals surface area contributed by atoms with Crippen LogP contribution in [-0.2, 0) is 19.5 Å². The van der Waals surface area contributed by atoms with E-state index in [1.54, 1.807) is 22.8 Å². The summed E-state index contributed by atoms with van der Waals surface area (Å²) in [6, 6.07) is 11.9. The fourth-order valence-electron chi connectivity index (χ4n) is 4.54. The highest BCUT2D eigenvalue weighted by Crippen LogP contribution is 2.32. The van der Waals surface area contributed by atoms with Crippen LogP contribution < -0.4 is 5.32 Å². The molecule has 0 fully saturated rings. The molecule has 5 rings (SSSR count). The number of hydrogen-bond donors (Lipinski definition) is 1. The van der Waals surface area contributed by atoms with Gasteiger partial charge in [-0.1, -0.05) is 29.8 Å². The lowest BCUT2D eigenvalue weighted by atomic mass is 10.0. The lowest BCUT2D eigenvalue weighted by Crippen LogP contribution is -2.34. The Labute approximate surface area is 210 Å². The third-order valence-corrected chi connectivity index (χ3v) is 6.48. The molecule has 0 saturated heterocycles. The molecule has 3 heterocycles. The van der Waals surface area contributed by atoms with E-state index in [0.29, 0.717) is 42.2 Å². The fraction of sp³-hybridized carbons (Fsp3) is 0.185. The van der Waals surface area contributed by atoms with Crippen molar-refractivity contribution < 1.29 is 18.0 Å². The summed E-state index contributed by atoms with van der Waals surface area (Å²) in [5, 5.41) is 4.35. The van der Waals surface area contributed by atoms with Crippen molar-refractivity contribution in [3.05, 3.63) is 106 Å². The highest BCUT2D eigenvalue weighted by Gasteiger charge is 2.26. The van der Waals surface area contributed by atoms with Gasteiger partial charge in [-0.15, -0.1) is 0 Å². The summed E-state index contributed by atoms with van der Waals surface area (Å²) >= 11 is 6.28. The SMILES string of the molecule is O=C(NCc1ccnc(F)c1)n1c2c(c3cc(Cl)ccc31)CN(C/C=C/c1ccc(F)c(F)c1)CC2. The maximum absolute atomic E-state index is 13.5. The van der Waals surface area contributed by atoms with E-state index in [1.165, 1.54) is 18.3 Å². The van der Waals surface area contributed by atoms with Gasteiger partial charge in [0.05, 0.1) is 5.52 Å². The molecule has 1 N–H and O–H groups in total. The molecule has 0 aliphatic carbocycles. The van der Waals surface area contributed by atoms with Crippen LogP contribution >= 0.6 is 11.6 Å². The maximum atomic E-state index is 13.5. The average molecular weight is 511 g/mol. The largest absolute Gasteiger partial charge is 0.333 e. The summed E-state index contributed by atoms with van der Waals surface area (Å²) in [6.45, 7) is 2.08. The predicted octanol–water partition coefficient (Wildman–Crippen LogP) is 5.94. The van der Waals surface area contributed by atoms with Crippen molar-refractivity contribution in [1.29, 1.82) is 0 Å². The van der Waals surface area contributed by atoms with Gasteiger partial charge in [0, 0.05) is 54.9 Å². The first-order valence-electron chi connectivity index (χ1n) is 11.4. The minimum atomic E-state index is -0.878. The van der Waals surface area contributed by atoms with Crippen LogP contribution in [0.15, 0.2) is 60.8 Å². The minimum absolute atomic E-state index is 0.168. The first kappa shape index (κ1) is 24.1. The van der Waals surface area contributed by atoms with Gasteiger partial charge in [-0.2, -0.15) is 4.39 Å². The normalized spacial score (nSPS) is 13.9. The number of hydrogen-bond acceptors (Lipinski definition) is 3. The summed E-state index contributed by atoms with van der Waals surface area (Å²) in [5.41, 5.74) is 3.88. The Hall–Kier alpha value is -3.62. The smallest absolute Gasteiger partial charge is 0.326 e. The second-order valence-corrected chi connectivity index (χ2v) is 9.07. The molecule has 1 aliphatic heterocycles. The zero-order valence-corrected chi connectivity index (χ0v) is 19.9. The van der Waals surface area contributed by atoms with E-state index >= 15 is 0 Å². The summed E-state index contributed by atoms with van der Waals surface area (Å²) < 4.78 is 41.7. The topological polar surface area (TPSA) is 50.2 Å². The Kier molecular flexibility index (Phi) is 6.80. The molecule has 5 nitrogen and oxygen atoms in total. The molecule has 2 aromatic heterocycles. The number of aromatic nitrogens is 2. The van der Waals surface area contributed by atoms with Crippen LogP contribution in [0.4, 0.5) is 18.0 Å². The van der Waals surface area contributed by atoms with Gasteiger partial charge in [0.1, 0.15) is 0 Å². The van der Waals surface area contributed by atoms with E-state index in [9.17, 15) is 18.0 Å². The molecule has 0 unspecified atom stereocenters. The Balaban J connectivity index is 1.36. The molecule has 0 saturated carbocycles. The van der Waals surface area contributed by atoms with Crippen molar-refractivity contribution in [2.24, 2.45) is 0 Å². The van der Waals surface area contributed by atoms with Crippen molar-refractivity contribution in [1.82, 2.24) is 19.8 Å². The molecule has 1 amide bonds. The monoisotopic (exact) mass is 510 g/mol. The van der Waals surface area contributed by atoms with E-state index in [1.807, 2.05) is 18.2 Å². The predicted molar refractivity (Wildman–Crippen MR) is 133 cm³/mol. The van der Waals surface area contributed by atoms with Crippen LogP contribution in [0.25, 0.3) is 17.0 Å². The second-order valence-electron chi connectivity index (χ2n) is 8.63. The van der Waals surface area contributed by atoms with Crippen molar-refractivity contribution in [3.8, 4) is 0 Å². The third-order valence-electron chi connectivity index (χ3n) is 6.24. The van der Waals surface area contributed by atoms with Crippen LogP contribution in [0.3, 0.4) is 0 Å². The lowest BCUT2D eigenvalue weighted by Gasteiger charge is -2.27. The fourth-order valence-corrected chi connectivity index (χ4v) is 4.71. The summed E-state index contributed by atoms with van der Waals surface area (Å²) in [5.74, 6) is -2.35. The van der Waals surface area contributed by atoms with Crippen LogP contribution in [0.2, 0.25) is 5.02 Å². The Morgan fingerprint density at radius 1 is 1.08 bits per heavy atom. The van der Waals surface area contributed by atoms with Gasteiger partial charge in [0.15, 0.2) is 11.6 Å². The summed E-state index contributed by atoms with van der Waals surface area (Å²) in [7, 11) is 0. The van der Waals surface area contributed by atoms with Gasteiger partial charge in [0.25, 0.3) is 0 Å². The minimum Gasteiger partial charge on any atom is -0.333 e. The van der Waals surface area contributed by atoms with Crippen molar-refractivity contribution in [2.45, 2.75) is 19.5 Å². The van der Waals surface area contributed by atoms with E-state index in [-0.39, 0.29) is 12.6 Å².